The topological polar surface area (TPSA) is 55.9 Å². The summed E-state index contributed by atoms with van der Waals surface area (Å²) in [4.78, 5) is 5.26. The monoisotopic (exact) mass is 892 g/mol. The van der Waals surface area contributed by atoms with Crippen molar-refractivity contribution in [3.63, 3.8) is 0 Å². The van der Waals surface area contributed by atoms with E-state index in [-0.39, 0.29) is 6.04 Å². The average Bonchev–Trinajstić information content (AvgIpc) is 3.31. The van der Waals surface area contributed by atoms with Crippen molar-refractivity contribution in [2.45, 2.75) is 42.9 Å². The molecule has 2 heterocycles. The van der Waals surface area contributed by atoms with E-state index in [0.717, 1.165) is 71.4 Å². The van der Waals surface area contributed by atoms with Gasteiger partial charge in [0.1, 0.15) is 0 Å². The standard InChI is InChI=1S/C30H29ClN2O2S.C24H25ClN2/c31-30-14-8-7-13-29(30)26-17-15-25(16-18-26)22-32-19-20-33(36(34,35)28-11-5-2-6-12-28)27(23-32)21-24-9-3-1-4-10-24;25-24-9-5-4-8-23(24)21-12-10-20(11-13-21)17-27-15-14-26-22(18-27)16-19-6-2-1-3-7-19/h1-18,27H,19-23H2;1-13,22,26H,14-18H2/t27-;22-/m11/s1. The number of nitrogens with one attached hydrogen (secondary N) is 1. The SMILES string of the molecule is Clc1ccccc1-c1ccc(CN2CCN[C@H](Cc3ccccc3)C2)cc1.O=S(=O)(c1ccccc1)N1CCN(Cc2ccc(-c3ccccc3Cl)cc2)C[C@H]1Cc1ccccc1. The summed E-state index contributed by atoms with van der Waals surface area (Å²) in [7, 11) is -3.57. The number of halogens is 2. The van der Waals surface area contributed by atoms with Crippen LogP contribution in [0.25, 0.3) is 22.3 Å². The molecule has 0 amide bonds. The largest absolute Gasteiger partial charge is 0.311 e. The van der Waals surface area contributed by atoms with E-state index >= 15 is 0 Å². The highest BCUT2D eigenvalue weighted by molar-refractivity contribution is 7.89. The van der Waals surface area contributed by atoms with Crippen LogP contribution in [0.4, 0.5) is 0 Å². The van der Waals surface area contributed by atoms with Gasteiger partial charge in [0.25, 0.3) is 0 Å². The Labute approximate surface area is 383 Å². The van der Waals surface area contributed by atoms with Gasteiger partial charge in [-0.05, 0) is 70.5 Å². The fourth-order valence-corrected chi connectivity index (χ4v) is 10.8. The van der Waals surface area contributed by atoms with Crippen LogP contribution in [0.15, 0.2) is 193 Å². The third-order valence-electron chi connectivity index (χ3n) is 11.9. The Kier molecular flexibility index (Phi) is 15.2. The molecule has 0 unspecified atom stereocenters. The molecule has 9 heteroatoms. The van der Waals surface area contributed by atoms with Gasteiger partial charge in [-0.25, -0.2) is 8.42 Å². The molecular weight excluding hydrogens is 840 g/mol. The number of sulfonamides is 1. The minimum absolute atomic E-state index is 0.145. The van der Waals surface area contributed by atoms with Crippen LogP contribution in [0, 0.1) is 0 Å². The van der Waals surface area contributed by atoms with Gasteiger partial charge >= 0.3 is 0 Å². The number of nitrogens with zero attached hydrogens (tertiary/aromatic N) is 3. The van der Waals surface area contributed by atoms with Gasteiger partial charge in [-0.2, -0.15) is 4.31 Å². The summed E-state index contributed by atoms with van der Waals surface area (Å²) in [6, 6.07) is 63.2. The fraction of sp³-hybridized carbons (Fsp3) is 0.222. The Balaban J connectivity index is 0.000000180. The fourth-order valence-electron chi connectivity index (χ4n) is 8.70. The molecule has 0 saturated carbocycles. The van der Waals surface area contributed by atoms with Crippen LogP contribution in [0.5, 0.6) is 0 Å². The number of hydrogen-bond donors (Lipinski definition) is 1. The zero-order chi connectivity index (χ0) is 43.4. The highest BCUT2D eigenvalue weighted by atomic mass is 35.5. The quantitative estimate of drug-likeness (QED) is 0.132. The molecule has 0 aromatic heterocycles. The van der Waals surface area contributed by atoms with E-state index < -0.39 is 10.0 Å². The smallest absolute Gasteiger partial charge is 0.243 e. The lowest BCUT2D eigenvalue weighted by molar-refractivity contribution is 0.129. The Hall–Kier alpha value is -5.09. The van der Waals surface area contributed by atoms with Crippen molar-refractivity contribution in [2.24, 2.45) is 0 Å². The van der Waals surface area contributed by atoms with Gasteiger partial charge < -0.3 is 5.32 Å². The first kappa shape index (κ1) is 44.5. The van der Waals surface area contributed by atoms with E-state index in [0.29, 0.717) is 37.0 Å². The summed E-state index contributed by atoms with van der Waals surface area (Å²) in [6.07, 6.45) is 1.76. The van der Waals surface area contributed by atoms with Crippen molar-refractivity contribution in [1.29, 1.82) is 0 Å². The van der Waals surface area contributed by atoms with Gasteiger partial charge in [-0.1, -0.05) is 187 Å². The average molecular weight is 894 g/mol. The molecule has 9 rings (SSSR count). The molecule has 322 valence electrons. The lowest BCUT2D eigenvalue weighted by Crippen LogP contribution is -2.55. The molecule has 7 aromatic rings. The van der Waals surface area contributed by atoms with E-state index in [1.54, 1.807) is 28.6 Å². The molecule has 0 spiro atoms. The van der Waals surface area contributed by atoms with Crippen molar-refractivity contribution < 1.29 is 8.42 Å². The van der Waals surface area contributed by atoms with Crippen LogP contribution in [-0.2, 0) is 36.0 Å². The van der Waals surface area contributed by atoms with Crippen molar-refractivity contribution in [2.75, 3.05) is 39.3 Å². The van der Waals surface area contributed by atoms with E-state index in [1.807, 2.05) is 66.7 Å². The summed E-state index contributed by atoms with van der Waals surface area (Å²) in [5.41, 5.74) is 9.47. The summed E-state index contributed by atoms with van der Waals surface area (Å²) in [5, 5.41) is 5.21. The van der Waals surface area contributed by atoms with Crippen molar-refractivity contribution in [1.82, 2.24) is 19.4 Å². The van der Waals surface area contributed by atoms with Gasteiger partial charge in [0.15, 0.2) is 0 Å². The molecule has 6 nitrogen and oxygen atoms in total. The molecule has 2 aliphatic rings. The number of piperazine rings is 2. The normalized spacial score (nSPS) is 17.4. The van der Waals surface area contributed by atoms with Crippen molar-refractivity contribution in [3.05, 3.63) is 220 Å². The van der Waals surface area contributed by atoms with E-state index in [2.05, 4.69) is 112 Å². The second-order valence-electron chi connectivity index (χ2n) is 16.4. The number of benzene rings is 7. The lowest BCUT2D eigenvalue weighted by atomic mass is 10.0. The van der Waals surface area contributed by atoms with E-state index in [4.69, 9.17) is 23.2 Å². The Morgan fingerprint density at radius 1 is 0.476 bits per heavy atom. The molecule has 2 saturated heterocycles. The molecule has 0 radical (unpaired) electrons. The molecular formula is C54H54Cl2N4O2S. The summed E-state index contributed by atoms with van der Waals surface area (Å²) < 4.78 is 28.8. The number of hydrogen-bond acceptors (Lipinski definition) is 5. The second kappa shape index (κ2) is 21.5. The van der Waals surface area contributed by atoms with Gasteiger partial charge in [0.2, 0.25) is 10.0 Å². The molecule has 7 aromatic carbocycles. The third kappa shape index (κ3) is 11.9. The maximum absolute atomic E-state index is 13.5. The maximum Gasteiger partial charge on any atom is 0.243 e. The summed E-state index contributed by atoms with van der Waals surface area (Å²) in [5.74, 6) is 0. The molecule has 2 atom stereocenters. The molecule has 2 fully saturated rings. The van der Waals surface area contributed by atoms with E-state index in [9.17, 15) is 8.42 Å². The van der Waals surface area contributed by atoms with E-state index in [1.165, 1.54) is 22.3 Å². The minimum atomic E-state index is -3.57. The number of rotatable bonds is 12. The van der Waals surface area contributed by atoms with Crippen LogP contribution in [0.1, 0.15) is 22.3 Å². The third-order valence-corrected chi connectivity index (χ3v) is 14.6. The van der Waals surface area contributed by atoms with Crippen LogP contribution < -0.4 is 5.32 Å². The molecule has 1 N–H and O–H groups in total. The Bertz CT molecular complexity index is 2620. The van der Waals surface area contributed by atoms with Gasteiger partial charge in [0, 0.05) is 85.6 Å². The van der Waals surface area contributed by atoms with Gasteiger partial charge in [0.05, 0.1) is 4.90 Å². The second-order valence-corrected chi connectivity index (χ2v) is 19.1. The Morgan fingerprint density at radius 3 is 1.46 bits per heavy atom. The summed E-state index contributed by atoms with van der Waals surface area (Å²) in [6.45, 7) is 6.82. The summed E-state index contributed by atoms with van der Waals surface area (Å²) >= 11 is 12.7. The first-order valence-corrected chi connectivity index (χ1v) is 24.0. The van der Waals surface area contributed by atoms with Crippen LogP contribution in [0.3, 0.4) is 0 Å². The first-order valence-electron chi connectivity index (χ1n) is 21.8. The van der Waals surface area contributed by atoms with Crippen LogP contribution in [0.2, 0.25) is 10.0 Å². The predicted octanol–water partition coefficient (Wildman–Crippen LogP) is 11.1. The lowest BCUT2D eigenvalue weighted by Gasteiger charge is -2.40. The minimum Gasteiger partial charge on any atom is -0.311 e. The van der Waals surface area contributed by atoms with Gasteiger partial charge in [-0.15, -0.1) is 0 Å². The highest BCUT2D eigenvalue weighted by Crippen LogP contribution is 2.30. The highest BCUT2D eigenvalue weighted by Gasteiger charge is 2.36. The predicted molar refractivity (Wildman–Crippen MR) is 261 cm³/mol. The van der Waals surface area contributed by atoms with Crippen LogP contribution >= 0.6 is 23.2 Å². The zero-order valence-corrected chi connectivity index (χ0v) is 37.8. The molecule has 2 aliphatic heterocycles. The zero-order valence-electron chi connectivity index (χ0n) is 35.4. The van der Waals surface area contributed by atoms with Gasteiger partial charge in [-0.3, -0.25) is 9.80 Å². The first-order chi connectivity index (χ1) is 30.8. The maximum atomic E-state index is 13.5. The Morgan fingerprint density at radius 2 is 0.937 bits per heavy atom. The molecule has 63 heavy (non-hydrogen) atoms. The van der Waals surface area contributed by atoms with Crippen molar-refractivity contribution in [3.8, 4) is 22.3 Å². The van der Waals surface area contributed by atoms with Crippen molar-refractivity contribution >= 4 is 33.2 Å². The van der Waals surface area contributed by atoms with Crippen LogP contribution in [-0.4, -0.2) is 73.9 Å². The molecule has 0 aliphatic carbocycles. The molecule has 0 bridgehead atoms.